The quantitative estimate of drug-likeness (QED) is 0.745. The molecule has 0 saturated carbocycles. The summed E-state index contributed by atoms with van der Waals surface area (Å²) in [6, 6.07) is 7.38. The van der Waals surface area contributed by atoms with Crippen LogP contribution >= 0.6 is 22.9 Å². The molecule has 1 aliphatic rings. The SMILES string of the molecule is Cc1c(C(=O)NCc2cccc(Cl)c2)sc2nc3n(c(=O)c12)CCCC3. The van der Waals surface area contributed by atoms with Crippen molar-refractivity contribution in [3.05, 3.63) is 61.5 Å². The molecule has 0 radical (unpaired) electrons. The highest BCUT2D eigenvalue weighted by atomic mass is 35.5. The second-order valence-electron chi connectivity index (χ2n) is 6.49. The molecule has 0 saturated heterocycles. The number of fused-ring (bicyclic) bond motifs is 2. The maximum atomic E-state index is 12.8. The molecule has 0 unspecified atom stereocenters. The Morgan fingerprint density at radius 1 is 1.38 bits per heavy atom. The molecule has 1 N–H and O–H groups in total. The van der Waals surface area contributed by atoms with Gasteiger partial charge in [0.25, 0.3) is 11.5 Å². The van der Waals surface area contributed by atoms with Crippen LogP contribution in [0.4, 0.5) is 0 Å². The van der Waals surface area contributed by atoms with Crippen molar-refractivity contribution in [3.8, 4) is 0 Å². The number of carbonyl (C=O) groups excluding carboxylic acids is 1. The molecule has 26 heavy (non-hydrogen) atoms. The van der Waals surface area contributed by atoms with Crippen LogP contribution in [0.5, 0.6) is 0 Å². The fraction of sp³-hybridized carbons (Fsp3) is 0.316. The predicted octanol–water partition coefficient (Wildman–Crippen LogP) is 3.69. The number of amides is 1. The Bertz CT molecular complexity index is 1070. The van der Waals surface area contributed by atoms with E-state index in [4.69, 9.17) is 11.6 Å². The summed E-state index contributed by atoms with van der Waals surface area (Å²) in [5.74, 6) is 0.647. The van der Waals surface area contributed by atoms with E-state index >= 15 is 0 Å². The average molecular weight is 388 g/mol. The molecule has 1 aromatic carbocycles. The molecule has 0 atom stereocenters. The Morgan fingerprint density at radius 2 is 2.23 bits per heavy atom. The van der Waals surface area contributed by atoms with E-state index in [0.29, 0.717) is 38.8 Å². The van der Waals surface area contributed by atoms with Crippen molar-refractivity contribution < 1.29 is 4.79 Å². The molecule has 3 heterocycles. The molecule has 0 fully saturated rings. The zero-order chi connectivity index (χ0) is 18.3. The summed E-state index contributed by atoms with van der Waals surface area (Å²) in [4.78, 5) is 31.4. The molecular weight excluding hydrogens is 370 g/mol. The van der Waals surface area contributed by atoms with Crippen LogP contribution in [0.25, 0.3) is 10.2 Å². The number of rotatable bonds is 3. The van der Waals surface area contributed by atoms with Crippen molar-refractivity contribution in [1.29, 1.82) is 0 Å². The Hall–Kier alpha value is -2.18. The number of carbonyl (C=O) groups is 1. The van der Waals surface area contributed by atoms with Crippen molar-refractivity contribution in [2.24, 2.45) is 0 Å². The highest BCUT2D eigenvalue weighted by Crippen LogP contribution is 2.28. The molecule has 134 valence electrons. The van der Waals surface area contributed by atoms with Crippen LogP contribution in [-0.4, -0.2) is 15.5 Å². The third kappa shape index (κ3) is 3.04. The molecule has 0 spiro atoms. The molecule has 0 aliphatic carbocycles. The molecule has 3 aromatic rings. The first-order valence-electron chi connectivity index (χ1n) is 8.60. The zero-order valence-electron chi connectivity index (χ0n) is 14.3. The van der Waals surface area contributed by atoms with E-state index < -0.39 is 0 Å². The topological polar surface area (TPSA) is 64.0 Å². The summed E-state index contributed by atoms with van der Waals surface area (Å²) in [6.07, 6.45) is 2.87. The van der Waals surface area contributed by atoms with Gasteiger partial charge in [-0.05, 0) is 43.0 Å². The number of aryl methyl sites for hydroxylation is 2. The van der Waals surface area contributed by atoms with Gasteiger partial charge in [-0.15, -0.1) is 11.3 Å². The second kappa shape index (κ2) is 6.85. The van der Waals surface area contributed by atoms with E-state index in [1.165, 1.54) is 11.3 Å². The summed E-state index contributed by atoms with van der Waals surface area (Å²) in [5, 5.41) is 4.12. The van der Waals surface area contributed by atoms with Crippen LogP contribution in [0.3, 0.4) is 0 Å². The van der Waals surface area contributed by atoms with E-state index in [1.54, 1.807) is 10.6 Å². The van der Waals surface area contributed by atoms with Gasteiger partial charge in [0.2, 0.25) is 0 Å². The zero-order valence-corrected chi connectivity index (χ0v) is 15.9. The van der Waals surface area contributed by atoms with Crippen LogP contribution in [-0.2, 0) is 19.5 Å². The van der Waals surface area contributed by atoms with E-state index in [1.807, 2.05) is 25.1 Å². The van der Waals surface area contributed by atoms with Gasteiger partial charge in [-0.1, -0.05) is 23.7 Å². The molecular formula is C19H18ClN3O2S. The molecule has 5 nitrogen and oxygen atoms in total. The number of nitrogens with one attached hydrogen (secondary N) is 1. The summed E-state index contributed by atoms with van der Waals surface area (Å²) < 4.78 is 1.76. The Morgan fingerprint density at radius 3 is 3.04 bits per heavy atom. The fourth-order valence-corrected chi connectivity index (χ4v) is 4.68. The van der Waals surface area contributed by atoms with Crippen LogP contribution in [0.2, 0.25) is 5.02 Å². The lowest BCUT2D eigenvalue weighted by Crippen LogP contribution is -2.28. The lowest BCUT2D eigenvalue weighted by molar-refractivity contribution is 0.0954. The van der Waals surface area contributed by atoms with Crippen molar-refractivity contribution in [2.45, 2.75) is 39.3 Å². The van der Waals surface area contributed by atoms with Gasteiger partial charge in [0, 0.05) is 24.5 Å². The highest BCUT2D eigenvalue weighted by Gasteiger charge is 2.22. The van der Waals surface area contributed by atoms with Gasteiger partial charge in [-0.25, -0.2) is 4.98 Å². The second-order valence-corrected chi connectivity index (χ2v) is 7.93. The molecule has 1 amide bonds. The van der Waals surface area contributed by atoms with Gasteiger partial charge in [0.15, 0.2) is 0 Å². The first-order valence-corrected chi connectivity index (χ1v) is 9.79. The lowest BCUT2D eigenvalue weighted by atomic mass is 10.1. The van der Waals surface area contributed by atoms with Crippen LogP contribution in [0.1, 0.15) is 39.5 Å². The van der Waals surface area contributed by atoms with Crippen LogP contribution < -0.4 is 10.9 Å². The first-order chi connectivity index (χ1) is 12.5. The van der Waals surface area contributed by atoms with Gasteiger partial charge >= 0.3 is 0 Å². The maximum Gasteiger partial charge on any atom is 0.262 e. The van der Waals surface area contributed by atoms with Crippen LogP contribution in [0, 0.1) is 6.92 Å². The molecule has 1 aliphatic heterocycles. The van der Waals surface area contributed by atoms with Crippen molar-refractivity contribution in [3.63, 3.8) is 0 Å². The van der Waals surface area contributed by atoms with E-state index in [0.717, 1.165) is 30.7 Å². The number of hydrogen-bond acceptors (Lipinski definition) is 4. The summed E-state index contributed by atoms with van der Waals surface area (Å²) >= 11 is 7.27. The van der Waals surface area contributed by atoms with Crippen LogP contribution in [0.15, 0.2) is 29.1 Å². The highest BCUT2D eigenvalue weighted by molar-refractivity contribution is 7.20. The summed E-state index contributed by atoms with van der Waals surface area (Å²) in [7, 11) is 0. The van der Waals surface area contributed by atoms with Gasteiger partial charge in [-0.3, -0.25) is 14.2 Å². The largest absolute Gasteiger partial charge is 0.347 e. The summed E-state index contributed by atoms with van der Waals surface area (Å²) in [6.45, 7) is 2.92. The molecule has 7 heteroatoms. The minimum Gasteiger partial charge on any atom is -0.347 e. The maximum absolute atomic E-state index is 12.8. The summed E-state index contributed by atoms with van der Waals surface area (Å²) in [5.41, 5.74) is 1.62. The third-order valence-corrected chi connectivity index (χ3v) is 6.13. The van der Waals surface area contributed by atoms with E-state index in [9.17, 15) is 9.59 Å². The van der Waals surface area contributed by atoms with Gasteiger partial charge in [-0.2, -0.15) is 0 Å². The minimum atomic E-state index is -0.187. The molecule has 2 aromatic heterocycles. The number of halogens is 1. The normalized spacial score (nSPS) is 13.6. The Kier molecular flexibility index (Phi) is 4.54. The van der Waals surface area contributed by atoms with Gasteiger partial charge in [0.1, 0.15) is 10.7 Å². The predicted molar refractivity (Wildman–Crippen MR) is 104 cm³/mol. The minimum absolute atomic E-state index is 0.0210. The van der Waals surface area contributed by atoms with Crippen molar-refractivity contribution >= 4 is 39.1 Å². The van der Waals surface area contributed by atoms with E-state index in [-0.39, 0.29) is 11.5 Å². The standard InChI is InChI=1S/C19H18ClN3O2S/c1-11-15-18(22-14-7-2-3-8-23(14)19(15)25)26-16(11)17(24)21-10-12-5-4-6-13(20)9-12/h4-6,9H,2-3,7-8,10H2,1H3,(H,21,24). The number of benzene rings is 1. The van der Waals surface area contributed by atoms with Crippen molar-refractivity contribution in [2.75, 3.05) is 0 Å². The Labute approximate surface area is 159 Å². The Balaban J connectivity index is 1.66. The number of thiophene rings is 1. The van der Waals surface area contributed by atoms with Gasteiger partial charge < -0.3 is 5.32 Å². The average Bonchev–Trinajstić information content (AvgIpc) is 2.97. The van der Waals surface area contributed by atoms with Crippen molar-refractivity contribution in [1.82, 2.24) is 14.9 Å². The molecule has 4 rings (SSSR count). The monoisotopic (exact) mass is 387 g/mol. The fourth-order valence-electron chi connectivity index (χ4n) is 3.36. The first kappa shape index (κ1) is 17.2. The van der Waals surface area contributed by atoms with E-state index in [2.05, 4.69) is 10.3 Å². The molecule has 0 bridgehead atoms. The van der Waals surface area contributed by atoms with Gasteiger partial charge in [0.05, 0.1) is 10.3 Å². The third-order valence-electron chi connectivity index (χ3n) is 4.71. The lowest BCUT2D eigenvalue weighted by Gasteiger charge is -2.16. The number of aromatic nitrogens is 2. The smallest absolute Gasteiger partial charge is 0.262 e. The number of nitrogens with zero attached hydrogens (tertiary/aromatic N) is 2. The number of hydrogen-bond donors (Lipinski definition) is 1.